The molecule has 1 aromatic rings. The Hall–Kier alpha value is -0.900. The molecular formula is C16H27NO2. The summed E-state index contributed by atoms with van der Waals surface area (Å²) in [4.78, 5) is 0. The summed E-state index contributed by atoms with van der Waals surface area (Å²) in [6.45, 7) is 6.20. The number of benzene rings is 1. The summed E-state index contributed by atoms with van der Waals surface area (Å²) >= 11 is 0. The Morgan fingerprint density at radius 1 is 1.32 bits per heavy atom. The van der Waals surface area contributed by atoms with Gasteiger partial charge in [0.25, 0.3) is 0 Å². The highest BCUT2D eigenvalue weighted by atomic mass is 16.5. The van der Waals surface area contributed by atoms with Crippen molar-refractivity contribution in [1.29, 1.82) is 0 Å². The summed E-state index contributed by atoms with van der Waals surface area (Å²) in [5.41, 5.74) is 0.682. The first kappa shape index (κ1) is 16.2. The van der Waals surface area contributed by atoms with Crippen LogP contribution in [0, 0.1) is 0 Å². The third kappa shape index (κ3) is 6.71. The summed E-state index contributed by atoms with van der Waals surface area (Å²) in [5.74, 6) is 0.539. The predicted molar refractivity (Wildman–Crippen MR) is 79.5 cm³/mol. The molecule has 0 saturated carbocycles. The van der Waals surface area contributed by atoms with Gasteiger partial charge >= 0.3 is 0 Å². The van der Waals surface area contributed by atoms with Gasteiger partial charge in [-0.05, 0) is 31.4 Å². The molecule has 2 atom stereocenters. The maximum Gasteiger partial charge on any atom is 0.0765 e. The van der Waals surface area contributed by atoms with E-state index in [1.807, 2.05) is 13.0 Å². The Labute approximate surface area is 117 Å². The quantitative estimate of drug-likeness (QED) is 0.674. The van der Waals surface area contributed by atoms with E-state index in [1.165, 1.54) is 5.56 Å². The van der Waals surface area contributed by atoms with Gasteiger partial charge in [0.05, 0.1) is 5.60 Å². The van der Waals surface area contributed by atoms with Crippen molar-refractivity contribution in [1.82, 2.24) is 5.32 Å². The zero-order valence-corrected chi connectivity index (χ0v) is 12.4. The number of aliphatic hydroxyl groups is 1. The van der Waals surface area contributed by atoms with E-state index in [9.17, 15) is 5.11 Å². The molecule has 2 N–H and O–H groups in total. The summed E-state index contributed by atoms with van der Waals surface area (Å²) < 4.78 is 4.99. The monoisotopic (exact) mass is 265 g/mol. The first-order valence-corrected chi connectivity index (χ1v) is 7.02. The molecule has 0 radical (unpaired) electrons. The fraction of sp³-hybridized carbons (Fsp3) is 0.625. The standard InChI is InChI=1S/C16H27NO2/c1-14(15-7-5-4-6-8-15)9-11-17-13-16(2,18)10-12-19-3/h4-8,14,17-18H,9-13H2,1-3H3. The van der Waals surface area contributed by atoms with Crippen molar-refractivity contribution in [2.24, 2.45) is 0 Å². The van der Waals surface area contributed by atoms with Crippen molar-refractivity contribution in [2.75, 3.05) is 26.8 Å². The molecule has 0 heterocycles. The molecule has 0 aliphatic carbocycles. The molecule has 0 aliphatic heterocycles. The van der Waals surface area contributed by atoms with Gasteiger partial charge in [-0.3, -0.25) is 0 Å². The summed E-state index contributed by atoms with van der Waals surface area (Å²) in [7, 11) is 1.66. The lowest BCUT2D eigenvalue weighted by Gasteiger charge is -2.23. The van der Waals surface area contributed by atoms with Crippen molar-refractivity contribution in [3.63, 3.8) is 0 Å². The van der Waals surface area contributed by atoms with E-state index in [0.29, 0.717) is 25.5 Å². The maximum atomic E-state index is 10.1. The van der Waals surface area contributed by atoms with E-state index in [1.54, 1.807) is 7.11 Å². The number of hydrogen-bond donors (Lipinski definition) is 2. The molecule has 1 aromatic carbocycles. The smallest absolute Gasteiger partial charge is 0.0765 e. The second-order valence-electron chi connectivity index (χ2n) is 5.52. The maximum absolute atomic E-state index is 10.1. The number of rotatable bonds is 9. The molecule has 1 rings (SSSR count). The first-order valence-electron chi connectivity index (χ1n) is 7.02. The van der Waals surface area contributed by atoms with Crippen LogP contribution >= 0.6 is 0 Å². The Bertz CT molecular complexity index is 338. The molecule has 0 saturated heterocycles. The lowest BCUT2D eigenvalue weighted by atomic mass is 9.97. The van der Waals surface area contributed by atoms with E-state index in [4.69, 9.17) is 4.74 Å². The van der Waals surface area contributed by atoms with E-state index in [2.05, 4.69) is 36.5 Å². The molecule has 0 bridgehead atoms. The Kier molecular flexibility index (Phi) is 7.06. The average Bonchev–Trinajstić information content (AvgIpc) is 2.42. The molecule has 2 unspecified atom stereocenters. The normalized spacial score (nSPS) is 16.0. The Morgan fingerprint density at radius 3 is 2.63 bits per heavy atom. The molecule has 3 nitrogen and oxygen atoms in total. The van der Waals surface area contributed by atoms with Crippen LogP contribution in [0.25, 0.3) is 0 Å². The van der Waals surface area contributed by atoms with Crippen LogP contribution in [0.3, 0.4) is 0 Å². The minimum absolute atomic E-state index is 0.539. The van der Waals surface area contributed by atoms with E-state index in [0.717, 1.165) is 13.0 Å². The van der Waals surface area contributed by atoms with Crippen LogP contribution in [-0.2, 0) is 4.74 Å². The lowest BCUT2D eigenvalue weighted by molar-refractivity contribution is 0.0250. The van der Waals surface area contributed by atoms with Crippen molar-refractivity contribution in [3.8, 4) is 0 Å². The molecule has 19 heavy (non-hydrogen) atoms. The Morgan fingerprint density at radius 2 is 2.00 bits per heavy atom. The molecule has 0 fully saturated rings. The highest BCUT2D eigenvalue weighted by Gasteiger charge is 2.19. The molecule has 108 valence electrons. The van der Waals surface area contributed by atoms with E-state index in [-0.39, 0.29) is 0 Å². The molecule has 0 aliphatic rings. The van der Waals surface area contributed by atoms with Crippen LogP contribution in [-0.4, -0.2) is 37.5 Å². The number of hydrogen-bond acceptors (Lipinski definition) is 3. The van der Waals surface area contributed by atoms with Crippen LogP contribution < -0.4 is 5.32 Å². The number of nitrogens with one attached hydrogen (secondary N) is 1. The second kappa shape index (κ2) is 8.31. The van der Waals surface area contributed by atoms with Crippen molar-refractivity contribution in [3.05, 3.63) is 35.9 Å². The van der Waals surface area contributed by atoms with Crippen LogP contribution in [0.4, 0.5) is 0 Å². The fourth-order valence-corrected chi connectivity index (χ4v) is 2.03. The van der Waals surface area contributed by atoms with E-state index < -0.39 is 5.60 Å². The van der Waals surface area contributed by atoms with Crippen LogP contribution in [0.5, 0.6) is 0 Å². The topological polar surface area (TPSA) is 41.5 Å². The van der Waals surface area contributed by atoms with Gasteiger partial charge in [0, 0.05) is 26.7 Å². The lowest BCUT2D eigenvalue weighted by Crippen LogP contribution is -2.39. The van der Waals surface area contributed by atoms with Gasteiger partial charge in [0.2, 0.25) is 0 Å². The predicted octanol–water partition coefficient (Wildman–Crippen LogP) is 2.56. The minimum atomic E-state index is -0.688. The number of ether oxygens (including phenoxy) is 1. The zero-order chi connectivity index (χ0) is 14.1. The molecular weight excluding hydrogens is 238 g/mol. The van der Waals surface area contributed by atoms with Crippen LogP contribution in [0.15, 0.2) is 30.3 Å². The summed E-state index contributed by atoms with van der Waals surface area (Å²) in [5, 5.41) is 13.4. The largest absolute Gasteiger partial charge is 0.389 e. The van der Waals surface area contributed by atoms with E-state index >= 15 is 0 Å². The Balaban J connectivity index is 2.20. The van der Waals surface area contributed by atoms with Gasteiger partial charge in [0.1, 0.15) is 0 Å². The van der Waals surface area contributed by atoms with Crippen molar-refractivity contribution in [2.45, 2.75) is 38.2 Å². The summed E-state index contributed by atoms with van der Waals surface area (Å²) in [6.07, 6.45) is 1.73. The van der Waals surface area contributed by atoms with Gasteiger partial charge in [-0.25, -0.2) is 0 Å². The first-order chi connectivity index (χ1) is 9.05. The highest BCUT2D eigenvalue weighted by molar-refractivity contribution is 5.18. The third-order valence-electron chi connectivity index (χ3n) is 3.47. The zero-order valence-electron chi connectivity index (χ0n) is 12.4. The van der Waals surface area contributed by atoms with Crippen molar-refractivity contribution < 1.29 is 9.84 Å². The molecule has 0 amide bonds. The second-order valence-corrected chi connectivity index (χ2v) is 5.52. The van der Waals surface area contributed by atoms with Gasteiger partial charge in [-0.1, -0.05) is 37.3 Å². The average molecular weight is 265 g/mol. The number of methoxy groups -OCH3 is 1. The van der Waals surface area contributed by atoms with Crippen LogP contribution in [0.2, 0.25) is 0 Å². The third-order valence-corrected chi connectivity index (χ3v) is 3.47. The minimum Gasteiger partial charge on any atom is -0.389 e. The van der Waals surface area contributed by atoms with Crippen LogP contribution in [0.1, 0.15) is 38.2 Å². The molecule has 0 spiro atoms. The SMILES string of the molecule is COCCC(C)(O)CNCCC(C)c1ccccc1. The summed E-state index contributed by atoms with van der Waals surface area (Å²) in [6, 6.07) is 10.5. The molecule has 0 aromatic heterocycles. The van der Waals surface area contributed by atoms with Gasteiger partial charge in [0.15, 0.2) is 0 Å². The van der Waals surface area contributed by atoms with Gasteiger partial charge in [-0.2, -0.15) is 0 Å². The molecule has 3 heteroatoms. The van der Waals surface area contributed by atoms with Gasteiger partial charge in [-0.15, -0.1) is 0 Å². The fourth-order valence-electron chi connectivity index (χ4n) is 2.03. The highest BCUT2D eigenvalue weighted by Crippen LogP contribution is 2.17. The van der Waals surface area contributed by atoms with Crippen molar-refractivity contribution >= 4 is 0 Å². The van der Waals surface area contributed by atoms with Gasteiger partial charge < -0.3 is 15.2 Å².